The van der Waals surface area contributed by atoms with Crippen LogP contribution in [0.25, 0.3) is 0 Å². The summed E-state index contributed by atoms with van der Waals surface area (Å²) in [7, 11) is 0. The summed E-state index contributed by atoms with van der Waals surface area (Å²) in [5, 5.41) is 2.26. The predicted octanol–water partition coefficient (Wildman–Crippen LogP) is 2.85. The van der Waals surface area contributed by atoms with Crippen LogP contribution in [0.3, 0.4) is 0 Å². The highest BCUT2D eigenvalue weighted by Gasteiger charge is 2.12. The van der Waals surface area contributed by atoms with Gasteiger partial charge in [0.05, 0.1) is 0 Å². The van der Waals surface area contributed by atoms with Crippen molar-refractivity contribution in [3.63, 3.8) is 0 Å². The second-order valence-electron chi connectivity index (χ2n) is 4.35. The Hall–Kier alpha value is -1.22. The zero-order valence-corrected chi connectivity index (χ0v) is 10.7. The van der Waals surface area contributed by atoms with Gasteiger partial charge in [0.25, 0.3) is 0 Å². The molecule has 0 radical (unpaired) electrons. The third-order valence-electron chi connectivity index (χ3n) is 2.97. The maximum atomic E-state index is 11.4. The summed E-state index contributed by atoms with van der Waals surface area (Å²) in [5.74, 6) is -0.166. The molecule has 0 bridgehead atoms. The summed E-state index contributed by atoms with van der Waals surface area (Å²) in [6.07, 6.45) is 2.53. The summed E-state index contributed by atoms with van der Waals surface area (Å²) in [5.41, 5.74) is 2.02. The van der Waals surface area contributed by atoms with E-state index >= 15 is 0 Å². The summed E-state index contributed by atoms with van der Waals surface area (Å²) >= 11 is 5.69. The molecular formula is C13H17ClN2O. The molecule has 3 nitrogen and oxygen atoms in total. The molecule has 1 saturated heterocycles. The van der Waals surface area contributed by atoms with E-state index in [0.29, 0.717) is 0 Å². The van der Waals surface area contributed by atoms with E-state index in [-0.39, 0.29) is 5.91 Å². The Morgan fingerprint density at radius 2 is 1.88 bits per heavy atom. The summed E-state index contributed by atoms with van der Waals surface area (Å²) < 4.78 is 0. The normalized spacial score (nSPS) is 16.9. The van der Waals surface area contributed by atoms with Crippen molar-refractivity contribution in [1.29, 1.82) is 0 Å². The number of benzene rings is 1. The van der Waals surface area contributed by atoms with Gasteiger partial charge in [-0.2, -0.15) is 0 Å². The minimum Gasteiger partial charge on any atom is -0.372 e. The van der Waals surface area contributed by atoms with Crippen LogP contribution in [0.15, 0.2) is 24.3 Å². The lowest BCUT2D eigenvalue weighted by Gasteiger charge is -2.17. The van der Waals surface area contributed by atoms with Gasteiger partial charge in [-0.25, -0.2) is 0 Å². The van der Waals surface area contributed by atoms with Crippen LogP contribution in [0, 0.1) is 0 Å². The van der Waals surface area contributed by atoms with Gasteiger partial charge < -0.3 is 10.2 Å². The molecule has 1 N–H and O–H groups in total. The minimum absolute atomic E-state index is 0.166. The zero-order chi connectivity index (χ0) is 12.3. The van der Waals surface area contributed by atoms with Crippen LogP contribution in [0.4, 0.5) is 11.4 Å². The number of hydrogen-bond donors (Lipinski definition) is 1. The van der Waals surface area contributed by atoms with Crippen LogP contribution in [0.1, 0.15) is 19.8 Å². The van der Waals surface area contributed by atoms with Gasteiger partial charge in [-0.15, -0.1) is 11.6 Å². The van der Waals surface area contributed by atoms with E-state index in [9.17, 15) is 4.79 Å². The van der Waals surface area contributed by atoms with Crippen LogP contribution in [-0.2, 0) is 4.79 Å². The number of hydrogen-bond acceptors (Lipinski definition) is 2. The molecule has 1 atom stereocenters. The van der Waals surface area contributed by atoms with E-state index in [1.54, 1.807) is 6.92 Å². The maximum absolute atomic E-state index is 11.4. The van der Waals surface area contributed by atoms with Crippen molar-refractivity contribution in [1.82, 2.24) is 0 Å². The Bertz CT molecular complexity index is 383. The van der Waals surface area contributed by atoms with Gasteiger partial charge in [0.2, 0.25) is 5.91 Å². The molecule has 4 heteroatoms. The number of nitrogens with zero attached hydrogens (tertiary/aromatic N) is 1. The molecule has 1 aliphatic rings. The standard InChI is InChI=1S/C13H17ClN2O/c1-10(14)13(17)15-11-4-6-12(7-5-11)16-8-2-3-9-16/h4-7,10H,2-3,8-9H2,1H3,(H,15,17)/t10-/m1/s1. The Morgan fingerprint density at radius 3 is 2.41 bits per heavy atom. The quantitative estimate of drug-likeness (QED) is 0.839. The van der Waals surface area contributed by atoms with E-state index in [2.05, 4.69) is 10.2 Å². The van der Waals surface area contributed by atoms with E-state index in [1.807, 2.05) is 24.3 Å². The first kappa shape index (κ1) is 12.2. The van der Waals surface area contributed by atoms with Crippen molar-refractivity contribution < 1.29 is 4.79 Å². The number of carbonyl (C=O) groups excluding carboxylic acids is 1. The molecule has 0 spiro atoms. The number of nitrogens with one attached hydrogen (secondary N) is 1. The Morgan fingerprint density at radius 1 is 1.29 bits per heavy atom. The smallest absolute Gasteiger partial charge is 0.242 e. The summed E-state index contributed by atoms with van der Waals surface area (Å²) in [6, 6.07) is 7.93. The van der Waals surface area contributed by atoms with Gasteiger partial charge in [0.15, 0.2) is 0 Å². The van der Waals surface area contributed by atoms with Crippen molar-refractivity contribution in [3.8, 4) is 0 Å². The third kappa shape index (κ3) is 3.13. The van der Waals surface area contributed by atoms with E-state index < -0.39 is 5.38 Å². The van der Waals surface area contributed by atoms with Crippen molar-refractivity contribution in [2.75, 3.05) is 23.3 Å². The van der Waals surface area contributed by atoms with Crippen LogP contribution >= 0.6 is 11.6 Å². The molecule has 0 unspecified atom stereocenters. The zero-order valence-electron chi connectivity index (χ0n) is 9.95. The Balaban J connectivity index is 2.00. The number of anilines is 2. The number of rotatable bonds is 3. The molecule has 1 fully saturated rings. The van der Waals surface area contributed by atoms with Crippen molar-refractivity contribution in [3.05, 3.63) is 24.3 Å². The van der Waals surface area contributed by atoms with E-state index in [1.165, 1.54) is 18.5 Å². The van der Waals surface area contributed by atoms with Crippen LogP contribution < -0.4 is 10.2 Å². The average molecular weight is 253 g/mol. The fourth-order valence-corrected chi connectivity index (χ4v) is 2.03. The molecule has 17 heavy (non-hydrogen) atoms. The van der Waals surface area contributed by atoms with Crippen molar-refractivity contribution >= 4 is 28.9 Å². The average Bonchev–Trinajstić information content (AvgIpc) is 2.83. The minimum atomic E-state index is -0.506. The van der Waals surface area contributed by atoms with Crippen LogP contribution in [0.2, 0.25) is 0 Å². The fourth-order valence-electron chi connectivity index (χ4n) is 1.97. The SMILES string of the molecule is C[C@@H](Cl)C(=O)Nc1ccc(N2CCCC2)cc1. The monoisotopic (exact) mass is 252 g/mol. The highest BCUT2D eigenvalue weighted by atomic mass is 35.5. The molecule has 1 heterocycles. The molecule has 1 aromatic rings. The summed E-state index contributed by atoms with van der Waals surface area (Å²) in [4.78, 5) is 13.8. The first-order valence-corrected chi connectivity index (χ1v) is 6.40. The lowest BCUT2D eigenvalue weighted by atomic mass is 10.2. The fraction of sp³-hybridized carbons (Fsp3) is 0.462. The molecular weight excluding hydrogens is 236 g/mol. The molecule has 1 aromatic carbocycles. The molecule has 1 aliphatic heterocycles. The predicted molar refractivity (Wildman–Crippen MR) is 71.8 cm³/mol. The molecule has 0 aliphatic carbocycles. The maximum Gasteiger partial charge on any atom is 0.242 e. The highest BCUT2D eigenvalue weighted by Crippen LogP contribution is 2.22. The van der Waals surface area contributed by atoms with Crippen LogP contribution in [0.5, 0.6) is 0 Å². The Labute approximate surface area is 107 Å². The van der Waals surface area contributed by atoms with Crippen LogP contribution in [-0.4, -0.2) is 24.4 Å². The van der Waals surface area contributed by atoms with E-state index in [4.69, 9.17) is 11.6 Å². The van der Waals surface area contributed by atoms with E-state index in [0.717, 1.165) is 18.8 Å². The number of alkyl halides is 1. The second-order valence-corrected chi connectivity index (χ2v) is 5.00. The topological polar surface area (TPSA) is 32.3 Å². The third-order valence-corrected chi connectivity index (χ3v) is 3.17. The number of carbonyl (C=O) groups is 1. The van der Waals surface area contributed by atoms with Gasteiger partial charge in [-0.05, 0) is 44.0 Å². The lowest BCUT2D eigenvalue weighted by Crippen LogP contribution is -2.20. The van der Waals surface area contributed by atoms with Gasteiger partial charge in [-0.3, -0.25) is 4.79 Å². The lowest BCUT2D eigenvalue weighted by molar-refractivity contribution is -0.115. The molecule has 2 rings (SSSR count). The summed E-state index contributed by atoms with van der Waals surface area (Å²) in [6.45, 7) is 3.92. The number of amides is 1. The number of halogens is 1. The van der Waals surface area contributed by atoms with Gasteiger partial charge in [0.1, 0.15) is 5.38 Å². The second kappa shape index (κ2) is 5.41. The molecule has 1 amide bonds. The largest absolute Gasteiger partial charge is 0.372 e. The Kier molecular flexibility index (Phi) is 3.89. The molecule has 0 aromatic heterocycles. The van der Waals surface area contributed by atoms with Crippen molar-refractivity contribution in [2.45, 2.75) is 25.1 Å². The first-order chi connectivity index (χ1) is 8.16. The molecule has 0 saturated carbocycles. The molecule has 92 valence electrons. The van der Waals surface area contributed by atoms with Gasteiger partial charge >= 0.3 is 0 Å². The first-order valence-electron chi connectivity index (χ1n) is 5.97. The highest BCUT2D eigenvalue weighted by molar-refractivity contribution is 6.32. The van der Waals surface area contributed by atoms with Gasteiger partial charge in [0, 0.05) is 24.5 Å². The van der Waals surface area contributed by atoms with Crippen molar-refractivity contribution in [2.24, 2.45) is 0 Å². The van der Waals surface area contributed by atoms with Gasteiger partial charge in [-0.1, -0.05) is 0 Å².